The second kappa shape index (κ2) is 7.55. The maximum Gasteiger partial charge on any atom is 0.365 e. The molecule has 3 aromatic rings. The average Bonchev–Trinajstić information content (AvgIpc) is 3.38. The van der Waals surface area contributed by atoms with Gasteiger partial charge in [-0.25, -0.2) is 14.8 Å². The molecular formula is C22H21N5O3. The molecule has 0 atom stereocenters. The summed E-state index contributed by atoms with van der Waals surface area (Å²) < 4.78 is 10.6. The van der Waals surface area contributed by atoms with Gasteiger partial charge in [0.25, 0.3) is 0 Å². The number of piperazine rings is 1. The van der Waals surface area contributed by atoms with Gasteiger partial charge in [0.2, 0.25) is 11.8 Å². The number of aromatic amines is 1. The summed E-state index contributed by atoms with van der Waals surface area (Å²) in [6, 6.07) is 15.3. The number of benzene rings is 2. The SMILES string of the molecule is COc1cccc(C2=N/C(=C/N3CCN(c4nc5ccccc5[nH]4)CC3)C(=O)O2)c1. The van der Waals surface area contributed by atoms with Gasteiger partial charge in [0.15, 0.2) is 5.70 Å². The Morgan fingerprint density at radius 3 is 2.73 bits per heavy atom. The quantitative estimate of drug-likeness (QED) is 0.533. The molecule has 2 aromatic carbocycles. The van der Waals surface area contributed by atoms with Crippen LogP contribution in [0.15, 0.2) is 65.4 Å². The molecule has 0 bridgehead atoms. The lowest BCUT2D eigenvalue weighted by Crippen LogP contribution is -2.44. The number of aliphatic imine (C=N–C) groups is 1. The Labute approximate surface area is 173 Å². The number of para-hydroxylation sites is 2. The first-order valence-corrected chi connectivity index (χ1v) is 9.80. The lowest BCUT2D eigenvalue weighted by Gasteiger charge is -2.33. The van der Waals surface area contributed by atoms with Crippen molar-refractivity contribution in [1.29, 1.82) is 0 Å². The van der Waals surface area contributed by atoms with Crippen LogP contribution < -0.4 is 9.64 Å². The van der Waals surface area contributed by atoms with Gasteiger partial charge in [-0.1, -0.05) is 18.2 Å². The van der Waals surface area contributed by atoms with E-state index in [-0.39, 0.29) is 0 Å². The zero-order valence-corrected chi connectivity index (χ0v) is 16.5. The highest BCUT2D eigenvalue weighted by Crippen LogP contribution is 2.22. The van der Waals surface area contributed by atoms with Crippen LogP contribution in [0.2, 0.25) is 0 Å². The number of esters is 1. The van der Waals surface area contributed by atoms with E-state index >= 15 is 0 Å². The van der Waals surface area contributed by atoms with Gasteiger partial charge >= 0.3 is 5.97 Å². The van der Waals surface area contributed by atoms with Crippen molar-refractivity contribution in [2.75, 3.05) is 38.2 Å². The van der Waals surface area contributed by atoms with Crippen LogP contribution in [0, 0.1) is 0 Å². The summed E-state index contributed by atoms with van der Waals surface area (Å²) in [5, 5.41) is 0. The minimum Gasteiger partial charge on any atom is -0.497 e. The van der Waals surface area contributed by atoms with E-state index in [2.05, 4.69) is 24.8 Å². The third kappa shape index (κ3) is 3.47. The highest BCUT2D eigenvalue weighted by Gasteiger charge is 2.26. The van der Waals surface area contributed by atoms with Crippen LogP contribution in [0.5, 0.6) is 5.75 Å². The molecule has 8 heteroatoms. The molecular weight excluding hydrogens is 382 g/mol. The molecule has 152 valence electrons. The minimum absolute atomic E-state index is 0.297. The molecule has 0 amide bonds. The Kier molecular flexibility index (Phi) is 4.59. The van der Waals surface area contributed by atoms with E-state index in [0.717, 1.165) is 43.2 Å². The fraction of sp³-hybridized carbons (Fsp3) is 0.227. The first kappa shape index (κ1) is 18.2. The molecule has 0 aliphatic carbocycles. The van der Waals surface area contributed by atoms with Gasteiger partial charge in [-0.3, -0.25) is 0 Å². The molecule has 5 rings (SSSR count). The molecule has 0 unspecified atom stereocenters. The van der Waals surface area contributed by atoms with Crippen molar-refractivity contribution in [2.45, 2.75) is 0 Å². The number of nitrogens with one attached hydrogen (secondary N) is 1. The number of anilines is 1. The standard InChI is InChI=1S/C22H21N5O3/c1-29-16-6-4-5-15(13-16)20-23-19(21(28)30-20)14-26-9-11-27(12-10-26)22-24-17-7-2-3-8-18(17)25-22/h2-8,13-14H,9-12H2,1H3,(H,24,25)/b19-14+. The highest BCUT2D eigenvalue weighted by molar-refractivity contribution is 6.11. The fourth-order valence-electron chi connectivity index (χ4n) is 3.60. The van der Waals surface area contributed by atoms with Gasteiger partial charge in [0, 0.05) is 37.9 Å². The maximum atomic E-state index is 12.3. The van der Waals surface area contributed by atoms with Crippen LogP contribution in [0.4, 0.5) is 5.95 Å². The number of aromatic nitrogens is 2. The van der Waals surface area contributed by atoms with Crippen LogP contribution in [-0.2, 0) is 9.53 Å². The van der Waals surface area contributed by atoms with E-state index in [1.54, 1.807) is 19.4 Å². The number of carbonyl (C=O) groups is 1. The van der Waals surface area contributed by atoms with Crippen LogP contribution in [-0.4, -0.2) is 60.0 Å². The lowest BCUT2D eigenvalue weighted by molar-refractivity contribution is -0.130. The number of H-pyrrole nitrogens is 1. The Morgan fingerprint density at radius 2 is 1.93 bits per heavy atom. The number of carbonyl (C=O) groups excluding carboxylic acids is 1. The number of imidazole rings is 1. The largest absolute Gasteiger partial charge is 0.497 e. The summed E-state index contributed by atoms with van der Waals surface area (Å²) in [6.07, 6.45) is 1.78. The maximum absolute atomic E-state index is 12.3. The van der Waals surface area contributed by atoms with Crippen molar-refractivity contribution in [2.24, 2.45) is 4.99 Å². The molecule has 8 nitrogen and oxygen atoms in total. The first-order valence-electron chi connectivity index (χ1n) is 9.80. The van der Waals surface area contributed by atoms with E-state index in [4.69, 9.17) is 9.47 Å². The van der Waals surface area contributed by atoms with Gasteiger partial charge < -0.3 is 24.3 Å². The molecule has 0 spiro atoms. The van der Waals surface area contributed by atoms with Gasteiger partial charge in [0.1, 0.15) is 5.75 Å². The lowest BCUT2D eigenvalue weighted by atomic mass is 10.2. The third-order valence-electron chi connectivity index (χ3n) is 5.23. The summed E-state index contributed by atoms with van der Waals surface area (Å²) in [4.78, 5) is 29.0. The fourth-order valence-corrected chi connectivity index (χ4v) is 3.60. The summed E-state index contributed by atoms with van der Waals surface area (Å²) in [6.45, 7) is 3.12. The van der Waals surface area contributed by atoms with Crippen molar-refractivity contribution < 1.29 is 14.3 Å². The summed E-state index contributed by atoms with van der Waals surface area (Å²) in [7, 11) is 1.60. The molecule has 2 aliphatic heterocycles. The van der Waals surface area contributed by atoms with Crippen LogP contribution in [0.3, 0.4) is 0 Å². The molecule has 1 fully saturated rings. The number of fused-ring (bicyclic) bond motifs is 1. The number of hydrogen-bond donors (Lipinski definition) is 1. The van der Waals surface area contributed by atoms with Crippen LogP contribution in [0.1, 0.15) is 5.56 Å². The third-order valence-corrected chi connectivity index (χ3v) is 5.23. The topological polar surface area (TPSA) is 83.0 Å². The predicted molar refractivity (Wildman–Crippen MR) is 114 cm³/mol. The second-order valence-corrected chi connectivity index (χ2v) is 7.15. The van der Waals surface area contributed by atoms with Crippen molar-refractivity contribution >= 4 is 28.8 Å². The zero-order valence-electron chi connectivity index (χ0n) is 16.5. The summed E-state index contributed by atoms with van der Waals surface area (Å²) in [5.41, 5.74) is 3.01. The molecule has 0 saturated carbocycles. The van der Waals surface area contributed by atoms with Gasteiger partial charge in [-0.2, -0.15) is 0 Å². The Balaban J connectivity index is 1.28. The number of methoxy groups -OCH3 is 1. The van der Waals surface area contributed by atoms with E-state index in [0.29, 0.717) is 22.9 Å². The Bertz CT molecular complexity index is 1130. The van der Waals surface area contributed by atoms with Gasteiger partial charge in [-0.15, -0.1) is 0 Å². The Morgan fingerprint density at radius 1 is 1.10 bits per heavy atom. The van der Waals surface area contributed by atoms with Crippen LogP contribution >= 0.6 is 0 Å². The Hall–Kier alpha value is -3.81. The molecule has 1 aromatic heterocycles. The predicted octanol–water partition coefficient (Wildman–Crippen LogP) is 2.54. The molecule has 1 N–H and O–H groups in total. The molecule has 2 aliphatic rings. The highest BCUT2D eigenvalue weighted by atomic mass is 16.6. The van der Waals surface area contributed by atoms with Crippen molar-refractivity contribution in [3.8, 4) is 5.75 Å². The average molecular weight is 403 g/mol. The summed E-state index contributed by atoms with van der Waals surface area (Å²) >= 11 is 0. The monoisotopic (exact) mass is 403 g/mol. The van der Waals surface area contributed by atoms with Crippen molar-refractivity contribution in [1.82, 2.24) is 14.9 Å². The molecule has 0 radical (unpaired) electrons. The minimum atomic E-state index is -0.437. The van der Waals surface area contributed by atoms with E-state index in [1.807, 2.05) is 42.5 Å². The normalized spacial score (nSPS) is 18.1. The van der Waals surface area contributed by atoms with Crippen LogP contribution in [0.25, 0.3) is 11.0 Å². The number of rotatable bonds is 4. The second-order valence-electron chi connectivity index (χ2n) is 7.15. The number of nitrogens with zero attached hydrogens (tertiary/aromatic N) is 4. The first-order chi connectivity index (χ1) is 14.7. The van der Waals surface area contributed by atoms with Crippen molar-refractivity contribution in [3.63, 3.8) is 0 Å². The summed E-state index contributed by atoms with van der Waals surface area (Å²) in [5.74, 6) is 1.42. The molecule has 30 heavy (non-hydrogen) atoms. The van der Waals surface area contributed by atoms with Gasteiger partial charge in [-0.05, 0) is 30.3 Å². The smallest absolute Gasteiger partial charge is 0.365 e. The molecule has 1 saturated heterocycles. The van der Waals surface area contributed by atoms with E-state index in [9.17, 15) is 4.79 Å². The van der Waals surface area contributed by atoms with Gasteiger partial charge in [0.05, 0.1) is 18.1 Å². The zero-order chi connectivity index (χ0) is 20.5. The van der Waals surface area contributed by atoms with E-state index in [1.165, 1.54) is 0 Å². The van der Waals surface area contributed by atoms with E-state index < -0.39 is 5.97 Å². The number of hydrogen-bond acceptors (Lipinski definition) is 7. The molecule has 3 heterocycles. The number of cyclic esters (lactones) is 1. The van der Waals surface area contributed by atoms with Crippen molar-refractivity contribution in [3.05, 3.63) is 66.0 Å². The number of ether oxygens (including phenoxy) is 2.